The van der Waals surface area contributed by atoms with Gasteiger partial charge in [-0.05, 0) is 44.7 Å². The highest BCUT2D eigenvalue weighted by Crippen LogP contribution is 2.43. The molecule has 3 fully saturated rings. The normalized spacial score (nSPS) is 23.7. The molecule has 5 heterocycles. The Balaban J connectivity index is 0.000000317. The highest BCUT2D eigenvalue weighted by Gasteiger charge is 2.61. The van der Waals surface area contributed by atoms with Crippen molar-refractivity contribution in [1.29, 1.82) is 0 Å². The summed E-state index contributed by atoms with van der Waals surface area (Å²) in [6.07, 6.45) is -9.93. The van der Waals surface area contributed by atoms with Crippen molar-refractivity contribution >= 4 is 57.5 Å². The smallest absolute Gasteiger partial charge is 0.407 e. The molecule has 2 aromatic rings. The number of hydroxylamine groups is 2. The Morgan fingerprint density at radius 1 is 0.768 bits per heavy atom. The fourth-order valence-corrected chi connectivity index (χ4v) is 7.23. The third-order valence-corrected chi connectivity index (χ3v) is 11.2. The molecule has 0 aromatic carbocycles. The van der Waals surface area contributed by atoms with Gasteiger partial charge in [-0.15, -0.1) is 5.06 Å². The molecule has 2 aromatic heterocycles. The lowest BCUT2D eigenvalue weighted by molar-refractivity contribution is -0.197. The minimum Gasteiger partial charge on any atom is -0.447 e. The number of imide groups is 1. The van der Waals surface area contributed by atoms with E-state index in [0.29, 0.717) is 41.2 Å². The highest BCUT2D eigenvalue weighted by molar-refractivity contribution is 7.87. The number of hydrogen-bond donors (Lipinski definition) is 7. The molecule has 384 valence electrons. The third-order valence-electron chi connectivity index (χ3n) is 10.1. The number of aliphatic hydroxyl groups is 2. The number of hydrogen-bond acceptors (Lipinski definition) is 21. The number of amides is 4. The van der Waals surface area contributed by atoms with Gasteiger partial charge in [0.05, 0.1) is 6.42 Å². The summed E-state index contributed by atoms with van der Waals surface area (Å²) in [7, 11) is -4.84. The van der Waals surface area contributed by atoms with Crippen molar-refractivity contribution in [2.24, 2.45) is 0 Å². The number of halogens is 4. The second-order valence-corrected chi connectivity index (χ2v) is 17.0. The standard InChI is InChI=1S/C20H25F2N5O12S.C17H24F2N4O6/c21-20(22)15(30)10(38-17(20)26-7-5-12(23)25-18(26)32)9-37-19(33)24-6-3-1-2-4-14(29)39-27-13(28)8-11(16(27)31)40(34,35)36;1-10(24)5-3-2-4-7-21-16(27)28-9-11-13(25)17(18,19)14(29-11)23-8-6-12(20)22-15(23)26/h5,7,10-11,15,17,30H,1-4,6,8-9H2,(H,24,33)(H2,23,25,32)(H,34,35,36);6,8,11,13-14,25H,2-5,7,9H2,1H3,(H,21,27)(H2,20,22,26)/t10-,11?,15+,17-;11-,13+,14-/m11/s1. The van der Waals surface area contributed by atoms with Gasteiger partial charge in [0.25, 0.3) is 21.9 Å². The van der Waals surface area contributed by atoms with Crippen molar-refractivity contribution in [2.45, 2.75) is 119 Å². The molecule has 0 saturated carbocycles. The maximum atomic E-state index is 14.5. The fourth-order valence-electron chi connectivity index (χ4n) is 6.52. The van der Waals surface area contributed by atoms with E-state index in [1.165, 1.54) is 6.92 Å². The number of nitrogen functional groups attached to an aromatic ring is 2. The van der Waals surface area contributed by atoms with Gasteiger partial charge in [-0.2, -0.15) is 35.9 Å². The lowest BCUT2D eigenvalue weighted by Gasteiger charge is -2.20. The molecule has 1 unspecified atom stereocenters. The first kappa shape index (κ1) is 55.2. The van der Waals surface area contributed by atoms with E-state index in [9.17, 15) is 74.5 Å². The SMILES string of the molecule is CC(=O)CCCCCNC(=O)OC[C@H]1O[C@@H](n2ccc(N)nc2=O)C(F)(F)[C@H]1O.Nc1ccn([C@@H]2O[C@H](COC(=O)NCCCCCC(=O)ON3C(=O)CC(S(=O)(=O)O)C3=O)[C@H](O)C2(F)F)c(=O)n1. The van der Waals surface area contributed by atoms with Crippen LogP contribution in [-0.2, 0) is 53.1 Å². The largest absolute Gasteiger partial charge is 0.447 e. The summed E-state index contributed by atoms with van der Waals surface area (Å²) < 4.78 is 109. The van der Waals surface area contributed by atoms with Crippen LogP contribution in [0.15, 0.2) is 34.1 Å². The van der Waals surface area contributed by atoms with Crippen molar-refractivity contribution in [1.82, 2.24) is 34.8 Å². The number of nitrogens with zero attached hydrogens (tertiary/aromatic N) is 5. The Morgan fingerprint density at radius 3 is 1.59 bits per heavy atom. The maximum Gasteiger partial charge on any atom is 0.407 e. The van der Waals surface area contributed by atoms with Crippen LogP contribution in [0.2, 0.25) is 0 Å². The van der Waals surface area contributed by atoms with Gasteiger partial charge in [-0.25, -0.2) is 24.0 Å². The molecule has 32 heteroatoms. The number of aliphatic hydroxyl groups excluding tert-OH is 2. The Morgan fingerprint density at radius 2 is 1.20 bits per heavy atom. The third kappa shape index (κ3) is 14.8. The second-order valence-electron chi connectivity index (χ2n) is 15.4. The molecule has 0 aliphatic carbocycles. The first-order valence-electron chi connectivity index (χ1n) is 20.7. The van der Waals surface area contributed by atoms with E-state index in [0.717, 1.165) is 30.9 Å². The zero-order chi connectivity index (χ0) is 51.4. The summed E-state index contributed by atoms with van der Waals surface area (Å²) in [6.45, 7) is 0.418. The van der Waals surface area contributed by atoms with E-state index in [4.69, 9.17) is 35.0 Å². The number of ketones is 1. The number of aromatic nitrogens is 4. The summed E-state index contributed by atoms with van der Waals surface area (Å²) in [4.78, 5) is 105. The molecule has 69 heavy (non-hydrogen) atoms. The fraction of sp³-hybridized carbons (Fsp3) is 0.622. The van der Waals surface area contributed by atoms with Crippen LogP contribution in [0.1, 0.15) is 77.2 Å². The number of anilines is 2. The van der Waals surface area contributed by atoms with Gasteiger partial charge in [0.2, 0.25) is 12.5 Å². The van der Waals surface area contributed by atoms with Crippen molar-refractivity contribution in [2.75, 3.05) is 37.8 Å². The molecule has 4 amide bonds. The predicted octanol–water partition coefficient (Wildman–Crippen LogP) is -0.926. The minimum absolute atomic E-state index is 0.00761. The molecule has 0 radical (unpaired) electrons. The number of nitrogens with one attached hydrogen (secondary N) is 2. The molecule has 3 aliphatic heterocycles. The van der Waals surface area contributed by atoms with Crippen molar-refractivity contribution in [3.05, 3.63) is 45.5 Å². The topological polar surface area (TPSA) is 393 Å². The maximum absolute atomic E-state index is 14.5. The zero-order valence-electron chi connectivity index (χ0n) is 36.3. The van der Waals surface area contributed by atoms with Crippen molar-refractivity contribution in [3.63, 3.8) is 0 Å². The number of Topliss-reactive ketones (excluding diaryl/α,β-unsaturated/α-hetero) is 1. The van der Waals surface area contributed by atoms with E-state index in [1.54, 1.807) is 0 Å². The zero-order valence-corrected chi connectivity index (χ0v) is 37.1. The van der Waals surface area contributed by atoms with E-state index in [2.05, 4.69) is 25.4 Å². The van der Waals surface area contributed by atoms with Gasteiger partial charge in [0, 0.05) is 38.3 Å². The van der Waals surface area contributed by atoms with E-state index >= 15 is 0 Å². The molecule has 0 spiro atoms. The van der Waals surface area contributed by atoms with Crippen LogP contribution in [0.25, 0.3) is 0 Å². The Labute approximate surface area is 387 Å². The van der Waals surface area contributed by atoms with Gasteiger partial charge in [0.15, 0.2) is 17.5 Å². The molecular formula is C37H49F4N9O18S. The van der Waals surface area contributed by atoms with E-state index in [1.807, 2.05) is 0 Å². The molecule has 27 nitrogen and oxygen atoms in total. The summed E-state index contributed by atoms with van der Waals surface area (Å²) >= 11 is 0. The minimum atomic E-state index is -4.84. The van der Waals surface area contributed by atoms with Gasteiger partial charge < -0.3 is 60.9 Å². The number of carbonyl (C=O) groups is 6. The number of nitrogens with two attached hydrogens (primary N) is 2. The Hall–Kier alpha value is -6.35. The van der Waals surface area contributed by atoms with Gasteiger partial charge in [-0.3, -0.25) is 23.3 Å². The first-order valence-corrected chi connectivity index (χ1v) is 22.2. The first-order chi connectivity index (χ1) is 32.2. The monoisotopic (exact) mass is 1020 g/mol. The average Bonchev–Trinajstić information content (AvgIpc) is 3.77. The highest BCUT2D eigenvalue weighted by atomic mass is 32.2. The number of ether oxygens (including phenoxy) is 4. The Bertz CT molecular complexity index is 2430. The van der Waals surface area contributed by atoms with Crippen LogP contribution in [0.4, 0.5) is 38.8 Å². The van der Waals surface area contributed by atoms with Crippen LogP contribution in [0.3, 0.4) is 0 Å². The van der Waals surface area contributed by atoms with Crippen LogP contribution in [-0.4, -0.2) is 151 Å². The van der Waals surface area contributed by atoms with E-state index < -0.39 is 125 Å². The number of carbonyl (C=O) groups excluding carboxylic acids is 6. The summed E-state index contributed by atoms with van der Waals surface area (Å²) in [5.74, 6) is -11.5. The van der Waals surface area contributed by atoms with Gasteiger partial charge in [0.1, 0.15) is 42.8 Å². The number of alkyl carbamates (subject to hydrolysis) is 2. The molecule has 5 rings (SSSR count). The average molecular weight is 1020 g/mol. The van der Waals surface area contributed by atoms with Gasteiger partial charge in [-0.1, -0.05) is 12.8 Å². The predicted molar refractivity (Wildman–Crippen MR) is 220 cm³/mol. The van der Waals surface area contributed by atoms with Crippen LogP contribution in [0.5, 0.6) is 0 Å². The van der Waals surface area contributed by atoms with Crippen LogP contribution >= 0.6 is 0 Å². The summed E-state index contributed by atoms with van der Waals surface area (Å²) in [6, 6.07) is 2.23. The van der Waals surface area contributed by atoms with Gasteiger partial charge >= 0.3 is 41.4 Å². The molecule has 7 atom stereocenters. The number of alkyl halides is 4. The quantitative estimate of drug-likeness (QED) is 0.0365. The van der Waals surface area contributed by atoms with Crippen molar-refractivity contribution in [3.8, 4) is 0 Å². The molecule has 9 N–H and O–H groups in total. The summed E-state index contributed by atoms with van der Waals surface area (Å²) in [5, 5.41) is 22.5. The van der Waals surface area contributed by atoms with E-state index in [-0.39, 0.29) is 48.4 Å². The van der Waals surface area contributed by atoms with Crippen LogP contribution in [0, 0.1) is 0 Å². The summed E-state index contributed by atoms with van der Waals surface area (Å²) in [5.41, 5.74) is 8.46. The lowest BCUT2D eigenvalue weighted by Crippen LogP contribution is -2.42. The van der Waals surface area contributed by atoms with Crippen molar-refractivity contribution < 1.29 is 93.3 Å². The number of unbranched alkanes of at least 4 members (excludes halogenated alkanes) is 4. The molecule has 0 bridgehead atoms. The van der Waals surface area contributed by atoms with Crippen LogP contribution < -0.4 is 33.5 Å². The molecule has 3 aliphatic rings. The Kier molecular flexibility index (Phi) is 19.0. The number of rotatable bonds is 20. The lowest BCUT2D eigenvalue weighted by atomic mass is 10.1. The molecule has 3 saturated heterocycles. The molecular weight excluding hydrogens is 967 g/mol. The second kappa shape index (κ2) is 23.8.